The number of allylic oxidation sites excluding steroid dienone is 1. The summed E-state index contributed by atoms with van der Waals surface area (Å²) in [4.78, 5) is 15.1. The van der Waals surface area contributed by atoms with Crippen LogP contribution in [0.3, 0.4) is 0 Å². The first-order chi connectivity index (χ1) is 10.7. The number of likely N-dealkylation sites (tertiary alicyclic amines) is 1. The lowest BCUT2D eigenvalue weighted by Crippen LogP contribution is -2.65. The van der Waals surface area contributed by atoms with Crippen LogP contribution in [0.15, 0.2) is 24.0 Å². The number of ketones is 1. The minimum atomic E-state index is -0.256. The Bertz CT molecular complexity index is 597. The Morgan fingerprint density at radius 1 is 1.45 bits per heavy atom. The molecule has 5 rings (SSSR count). The van der Waals surface area contributed by atoms with Gasteiger partial charge in [-0.05, 0) is 50.9 Å². The van der Waals surface area contributed by atoms with Crippen LogP contribution in [-0.4, -0.2) is 49.6 Å². The zero-order valence-electron chi connectivity index (χ0n) is 13.2. The number of rotatable bonds is 1. The SMILES string of the molecule is COC1=CCC2C[C@@H]3[C@@H]4C=CC(=O)[C@@H]5OC1C2[C@@]54CCN3C. The number of hydrogen-bond acceptors (Lipinski definition) is 4. The molecule has 118 valence electrons. The van der Waals surface area contributed by atoms with E-state index in [0.29, 0.717) is 23.8 Å². The van der Waals surface area contributed by atoms with Crippen molar-refractivity contribution in [2.75, 3.05) is 20.7 Å². The third-order valence-corrected chi connectivity index (χ3v) is 7.13. The Morgan fingerprint density at radius 2 is 2.32 bits per heavy atom. The fourth-order valence-electron chi connectivity index (χ4n) is 6.31. The molecule has 2 aliphatic heterocycles. The average molecular weight is 301 g/mol. The van der Waals surface area contributed by atoms with E-state index in [0.717, 1.165) is 25.1 Å². The van der Waals surface area contributed by atoms with Crippen molar-refractivity contribution in [2.24, 2.45) is 23.2 Å². The van der Waals surface area contributed by atoms with Crippen molar-refractivity contribution >= 4 is 5.78 Å². The van der Waals surface area contributed by atoms with Gasteiger partial charge in [0.2, 0.25) is 0 Å². The van der Waals surface area contributed by atoms with Crippen LogP contribution in [0.2, 0.25) is 0 Å². The molecule has 2 bridgehead atoms. The predicted molar refractivity (Wildman–Crippen MR) is 81.1 cm³/mol. The highest BCUT2D eigenvalue weighted by atomic mass is 16.5. The molecule has 22 heavy (non-hydrogen) atoms. The normalized spacial score (nSPS) is 52.3. The maximum Gasteiger partial charge on any atom is 0.184 e. The van der Waals surface area contributed by atoms with E-state index in [-0.39, 0.29) is 23.4 Å². The molecule has 0 radical (unpaired) electrons. The molecule has 5 aliphatic rings. The van der Waals surface area contributed by atoms with Crippen LogP contribution < -0.4 is 0 Å². The topological polar surface area (TPSA) is 38.8 Å². The van der Waals surface area contributed by atoms with Crippen molar-refractivity contribution in [1.29, 1.82) is 0 Å². The third-order valence-electron chi connectivity index (χ3n) is 7.13. The van der Waals surface area contributed by atoms with Gasteiger partial charge in [-0.25, -0.2) is 0 Å². The summed E-state index contributed by atoms with van der Waals surface area (Å²) in [5, 5.41) is 0. The van der Waals surface area contributed by atoms with Gasteiger partial charge in [-0.3, -0.25) is 4.79 Å². The first kappa shape index (κ1) is 13.3. The minimum absolute atomic E-state index is 0.00856. The lowest BCUT2D eigenvalue weighted by molar-refractivity contribution is -0.142. The van der Waals surface area contributed by atoms with E-state index in [4.69, 9.17) is 9.47 Å². The largest absolute Gasteiger partial charge is 0.499 e. The quantitative estimate of drug-likeness (QED) is 0.740. The van der Waals surface area contributed by atoms with Gasteiger partial charge < -0.3 is 14.4 Å². The molecule has 3 fully saturated rings. The fourth-order valence-corrected chi connectivity index (χ4v) is 6.31. The summed E-state index contributed by atoms with van der Waals surface area (Å²) >= 11 is 0. The van der Waals surface area contributed by atoms with Gasteiger partial charge >= 0.3 is 0 Å². The molecule has 3 aliphatic carbocycles. The smallest absolute Gasteiger partial charge is 0.184 e. The van der Waals surface area contributed by atoms with Crippen LogP contribution >= 0.6 is 0 Å². The van der Waals surface area contributed by atoms with Gasteiger partial charge in [0.25, 0.3) is 0 Å². The lowest BCUT2D eigenvalue weighted by atomic mass is 9.47. The molecule has 0 amide bonds. The Kier molecular flexibility index (Phi) is 2.56. The fraction of sp³-hybridized carbons (Fsp3) is 0.722. The van der Waals surface area contributed by atoms with Crippen LogP contribution in [-0.2, 0) is 14.3 Å². The van der Waals surface area contributed by atoms with Crippen molar-refractivity contribution in [3.05, 3.63) is 24.0 Å². The number of carbonyl (C=O) groups excluding carboxylic acids is 1. The Morgan fingerprint density at radius 3 is 3.14 bits per heavy atom. The van der Waals surface area contributed by atoms with Crippen LogP contribution in [0.4, 0.5) is 0 Å². The standard InChI is InChI=1S/C18H23NO3/c1-19-8-7-18-11-4-5-13(20)17(18)22-16-14(21-2)6-3-10(15(16)18)9-12(11)19/h4-6,10-12,15-17H,3,7-9H2,1-2H3/t10?,11-,12+,15?,16?,17-,18-/m0/s1. The van der Waals surface area contributed by atoms with Gasteiger partial charge in [-0.2, -0.15) is 0 Å². The molecule has 0 N–H and O–H groups in total. The molecule has 3 unspecified atom stereocenters. The molecule has 0 aromatic carbocycles. The molecule has 1 spiro atoms. The van der Waals surface area contributed by atoms with Crippen LogP contribution in [0.5, 0.6) is 0 Å². The molecule has 0 aromatic rings. The predicted octanol–water partition coefficient (Wildman–Crippen LogP) is 1.77. The summed E-state index contributed by atoms with van der Waals surface area (Å²) in [7, 11) is 3.97. The van der Waals surface area contributed by atoms with E-state index < -0.39 is 0 Å². The van der Waals surface area contributed by atoms with E-state index in [1.807, 2.05) is 0 Å². The number of piperidine rings is 1. The number of nitrogens with zero attached hydrogens (tertiary/aromatic N) is 1. The van der Waals surface area contributed by atoms with E-state index in [1.54, 1.807) is 13.2 Å². The van der Waals surface area contributed by atoms with Crippen molar-refractivity contribution < 1.29 is 14.3 Å². The summed E-state index contributed by atoms with van der Waals surface area (Å²) < 4.78 is 12.0. The van der Waals surface area contributed by atoms with Gasteiger partial charge in [-0.15, -0.1) is 0 Å². The average Bonchev–Trinajstić information content (AvgIpc) is 2.88. The van der Waals surface area contributed by atoms with Gasteiger partial charge in [0, 0.05) is 23.3 Å². The Labute approximate surface area is 131 Å². The molecule has 0 aromatic heterocycles. The summed E-state index contributed by atoms with van der Waals surface area (Å²) in [5.41, 5.74) is 0.00856. The number of hydrogen-bond donors (Lipinski definition) is 0. The first-order valence-corrected chi connectivity index (χ1v) is 8.48. The third kappa shape index (κ3) is 1.35. The monoisotopic (exact) mass is 301 g/mol. The van der Waals surface area contributed by atoms with Gasteiger partial charge in [-0.1, -0.05) is 6.08 Å². The van der Waals surface area contributed by atoms with E-state index >= 15 is 0 Å². The second-order valence-electron chi connectivity index (χ2n) is 7.70. The van der Waals surface area contributed by atoms with Crippen LogP contribution in [0.25, 0.3) is 0 Å². The van der Waals surface area contributed by atoms with Crippen LogP contribution in [0.1, 0.15) is 19.3 Å². The molecule has 2 saturated heterocycles. The highest BCUT2D eigenvalue weighted by Gasteiger charge is 2.70. The van der Waals surface area contributed by atoms with Crippen molar-refractivity contribution in [2.45, 2.75) is 37.5 Å². The van der Waals surface area contributed by atoms with E-state index in [2.05, 4.69) is 24.1 Å². The first-order valence-electron chi connectivity index (χ1n) is 8.48. The molecular weight excluding hydrogens is 278 g/mol. The van der Waals surface area contributed by atoms with Gasteiger partial charge in [0.05, 0.1) is 7.11 Å². The van der Waals surface area contributed by atoms with Crippen molar-refractivity contribution in [1.82, 2.24) is 4.90 Å². The van der Waals surface area contributed by atoms with Crippen molar-refractivity contribution in [3.63, 3.8) is 0 Å². The maximum absolute atomic E-state index is 12.6. The Hall–Kier alpha value is -1.13. The maximum atomic E-state index is 12.6. The Balaban J connectivity index is 1.70. The molecular formula is C18H23NO3. The summed E-state index contributed by atoms with van der Waals surface area (Å²) in [6, 6.07) is 0.557. The second-order valence-corrected chi connectivity index (χ2v) is 7.70. The van der Waals surface area contributed by atoms with Crippen molar-refractivity contribution in [3.8, 4) is 0 Å². The summed E-state index contributed by atoms with van der Waals surface area (Å²) in [6.07, 6.45) is 9.27. The number of methoxy groups -OCH3 is 1. The zero-order chi connectivity index (χ0) is 15.1. The molecule has 4 nitrogen and oxygen atoms in total. The van der Waals surface area contributed by atoms with E-state index in [1.165, 1.54) is 6.42 Å². The van der Waals surface area contributed by atoms with Gasteiger partial charge in [0.15, 0.2) is 5.78 Å². The lowest BCUT2D eigenvalue weighted by Gasteiger charge is -2.60. The number of ether oxygens (including phenoxy) is 2. The molecule has 2 heterocycles. The molecule has 4 heteroatoms. The van der Waals surface area contributed by atoms with Crippen LogP contribution in [0, 0.1) is 23.2 Å². The summed E-state index contributed by atoms with van der Waals surface area (Å²) in [5.74, 6) is 2.65. The minimum Gasteiger partial charge on any atom is -0.499 e. The molecule has 7 atom stereocenters. The highest BCUT2D eigenvalue weighted by molar-refractivity contribution is 5.96. The van der Waals surface area contributed by atoms with Gasteiger partial charge in [0.1, 0.15) is 18.0 Å². The highest BCUT2D eigenvalue weighted by Crippen LogP contribution is 2.66. The summed E-state index contributed by atoms with van der Waals surface area (Å²) in [6.45, 7) is 1.07. The second kappa shape index (κ2) is 4.24. The van der Waals surface area contributed by atoms with E-state index in [9.17, 15) is 4.79 Å². The number of carbonyl (C=O) groups is 1. The zero-order valence-corrected chi connectivity index (χ0v) is 13.2. The molecule has 1 saturated carbocycles.